The molecule has 0 saturated carbocycles. The van der Waals surface area contributed by atoms with Crippen LogP contribution in [0.1, 0.15) is 22.7 Å². The van der Waals surface area contributed by atoms with Crippen molar-refractivity contribution in [1.29, 1.82) is 0 Å². The molecule has 2 nitrogen and oxygen atoms in total. The molecule has 5 rings (SSSR count). The summed E-state index contributed by atoms with van der Waals surface area (Å²) in [4.78, 5) is 0. The van der Waals surface area contributed by atoms with Crippen molar-refractivity contribution in [3.05, 3.63) is 156 Å². The van der Waals surface area contributed by atoms with Crippen LogP contribution in [0.25, 0.3) is 11.1 Å². The van der Waals surface area contributed by atoms with E-state index < -0.39 is 7.29 Å². The van der Waals surface area contributed by atoms with Crippen LogP contribution in [0.15, 0.2) is 140 Å². The van der Waals surface area contributed by atoms with Gasteiger partial charge in [-0.25, -0.2) is 5.09 Å². The molecule has 0 aliphatic carbocycles. The normalized spacial score (nSPS) is 12.3. The number of hydrogen-bond acceptors (Lipinski definition) is 1. The zero-order chi connectivity index (χ0) is 24.1. The number of benzene rings is 5. The van der Waals surface area contributed by atoms with Gasteiger partial charge in [0.1, 0.15) is 0 Å². The minimum atomic E-state index is -3.15. The van der Waals surface area contributed by atoms with E-state index in [1.165, 1.54) is 11.1 Å². The van der Waals surface area contributed by atoms with Crippen LogP contribution >= 0.6 is 7.29 Å². The van der Waals surface area contributed by atoms with Crippen molar-refractivity contribution < 1.29 is 4.57 Å². The minimum absolute atomic E-state index is 0.244. The molecule has 172 valence electrons. The van der Waals surface area contributed by atoms with Gasteiger partial charge in [0, 0.05) is 10.6 Å². The third-order valence-electron chi connectivity index (χ3n) is 6.28. The Hall–Kier alpha value is -3.71. The van der Waals surface area contributed by atoms with Crippen LogP contribution in [-0.4, -0.2) is 0 Å². The molecule has 5 aromatic rings. The van der Waals surface area contributed by atoms with Gasteiger partial charge >= 0.3 is 0 Å². The lowest BCUT2D eigenvalue weighted by Gasteiger charge is -2.28. The number of rotatable bonds is 7. The second-order valence-corrected chi connectivity index (χ2v) is 11.3. The second kappa shape index (κ2) is 10.3. The summed E-state index contributed by atoms with van der Waals surface area (Å²) in [7, 11) is -3.15. The summed E-state index contributed by atoms with van der Waals surface area (Å²) < 4.78 is 14.8. The van der Waals surface area contributed by atoms with Crippen LogP contribution < -0.4 is 15.7 Å². The summed E-state index contributed by atoms with van der Waals surface area (Å²) in [5.74, 6) is 0. The lowest BCUT2D eigenvalue weighted by atomic mass is 9.96. The van der Waals surface area contributed by atoms with Crippen LogP contribution in [-0.2, 0) is 4.57 Å². The molecule has 1 N–H and O–H groups in total. The third kappa shape index (κ3) is 5.05. The predicted octanol–water partition coefficient (Wildman–Crippen LogP) is 7.27. The Morgan fingerprint density at radius 2 is 1.06 bits per heavy atom. The first kappa shape index (κ1) is 23.1. The van der Waals surface area contributed by atoms with Gasteiger partial charge in [-0.05, 0) is 53.4 Å². The standard InChI is InChI=1S/C32H28NOP/c1-25-12-11-15-29(24-25)32(28-22-20-27(21-23-28)26-13-5-2-6-14-26)33-35(34,30-16-7-3-8-17-30)31-18-9-4-10-19-31/h2-24,32H,1H3,(H,33,34)/t32-/m0/s1. The molecule has 0 aromatic heterocycles. The van der Waals surface area contributed by atoms with E-state index in [0.717, 1.165) is 27.3 Å². The van der Waals surface area contributed by atoms with Gasteiger partial charge in [0.25, 0.3) is 0 Å². The molecule has 0 heterocycles. The fourth-order valence-electron chi connectivity index (χ4n) is 4.45. The number of nitrogens with one attached hydrogen (secondary N) is 1. The largest absolute Gasteiger partial charge is 0.296 e. The topological polar surface area (TPSA) is 29.1 Å². The van der Waals surface area contributed by atoms with Gasteiger partial charge in [0.05, 0.1) is 6.04 Å². The van der Waals surface area contributed by atoms with Gasteiger partial charge < -0.3 is 0 Å². The molecule has 0 aliphatic rings. The SMILES string of the molecule is Cc1cccc([C@@H](NP(=O)(c2ccccc2)c2ccccc2)c2ccc(-c3ccccc3)cc2)c1. The van der Waals surface area contributed by atoms with Crippen LogP contribution in [0.5, 0.6) is 0 Å². The Balaban J connectivity index is 1.61. The first-order chi connectivity index (χ1) is 17.1. The lowest BCUT2D eigenvalue weighted by molar-refractivity contribution is 0.572. The van der Waals surface area contributed by atoms with Crippen molar-refractivity contribution in [3.8, 4) is 11.1 Å². The van der Waals surface area contributed by atoms with Crippen molar-refractivity contribution >= 4 is 17.9 Å². The van der Waals surface area contributed by atoms with Gasteiger partial charge in [-0.2, -0.15) is 0 Å². The molecule has 5 aromatic carbocycles. The number of aryl methyl sites for hydroxylation is 1. The van der Waals surface area contributed by atoms with E-state index in [0.29, 0.717) is 0 Å². The first-order valence-corrected chi connectivity index (χ1v) is 13.6. The predicted molar refractivity (Wildman–Crippen MR) is 148 cm³/mol. The van der Waals surface area contributed by atoms with Gasteiger partial charge in [0.15, 0.2) is 0 Å². The quantitative estimate of drug-likeness (QED) is 0.252. The highest BCUT2D eigenvalue weighted by molar-refractivity contribution is 7.76. The number of hydrogen-bond donors (Lipinski definition) is 1. The third-order valence-corrected chi connectivity index (χ3v) is 8.95. The Kier molecular flexibility index (Phi) is 6.77. The molecule has 1 atom stereocenters. The first-order valence-electron chi connectivity index (χ1n) is 11.8. The van der Waals surface area contributed by atoms with Gasteiger partial charge in [0.2, 0.25) is 7.29 Å². The molecular weight excluding hydrogens is 445 g/mol. The maximum Gasteiger partial charge on any atom is 0.205 e. The van der Waals surface area contributed by atoms with Crippen LogP contribution in [0.3, 0.4) is 0 Å². The summed E-state index contributed by atoms with van der Waals surface area (Å²) >= 11 is 0. The summed E-state index contributed by atoms with van der Waals surface area (Å²) in [5, 5.41) is 5.23. The molecule has 0 bridgehead atoms. The summed E-state index contributed by atoms with van der Waals surface area (Å²) in [5.41, 5.74) is 5.67. The molecule has 3 heteroatoms. The average molecular weight is 474 g/mol. The molecule has 0 aliphatic heterocycles. The molecule has 0 saturated heterocycles. The zero-order valence-corrected chi connectivity index (χ0v) is 20.6. The Morgan fingerprint density at radius 1 is 0.543 bits per heavy atom. The van der Waals surface area contributed by atoms with Crippen molar-refractivity contribution in [3.63, 3.8) is 0 Å². The highest BCUT2D eigenvalue weighted by Gasteiger charge is 2.31. The Morgan fingerprint density at radius 3 is 1.60 bits per heavy atom. The van der Waals surface area contributed by atoms with E-state index in [1.54, 1.807) is 0 Å². The molecule has 0 unspecified atom stereocenters. The van der Waals surface area contributed by atoms with Crippen molar-refractivity contribution in [2.45, 2.75) is 13.0 Å². The van der Waals surface area contributed by atoms with E-state index in [2.05, 4.69) is 84.8 Å². The van der Waals surface area contributed by atoms with Gasteiger partial charge in [-0.3, -0.25) is 4.57 Å². The smallest absolute Gasteiger partial charge is 0.205 e. The highest BCUT2D eigenvalue weighted by atomic mass is 31.2. The van der Waals surface area contributed by atoms with E-state index >= 15 is 0 Å². The second-order valence-electron chi connectivity index (χ2n) is 8.74. The minimum Gasteiger partial charge on any atom is -0.296 e. The molecular formula is C32H28NOP. The molecule has 0 spiro atoms. The molecule has 0 fully saturated rings. The van der Waals surface area contributed by atoms with Crippen molar-refractivity contribution in [2.24, 2.45) is 0 Å². The summed E-state index contributed by atoms with van der Waals surface area (Å²) in [6.07, 6.45) is 0. The fourth-order valence-corrected chi connectivity index (χ4v) is 6.89. The van der Waals surface area contributed by atoms with E-state index in [4.69, 9.17) is 0 Å². The molecule has 35 heavy (non-hydrogen) atoms. The van der Waals surface area contributed by atoms with E-state index in [1.807, 2.05) is 66.7 Å². The van der Waals surface area contributed by atoms with Crippen LogP contribution in [0.2, 0.25) is 0 Å². The molecule has 0 radical (unpaired) electrons. The molecule has 0 amide bonds. The van der Waals surface area contributed by atoms with Gasteiger partial charge in [-0.15, -0.1) is 0 Å². The maximum atomic E-state index is 14.8. The van der Waals surface area contributed by atoms with Crippen molar-refractivity contribution in [2.75, 3.05) is 0 Å². The lowest BCUT2D eigenvalue weighted by Crippen LogP contribution is -2.31. The average Bonchev–Trinajstić information content (AvgIpc) is 2.93. The highest BCUT2D eigenvalue weighted by Crippen LogP contribution is 2.43. The fraction of sp³-hybridized carbons (Fsp3) is 0.0625. The Bertz CT molecular complexity index is 1390. The van der Waals surface area contributed by atoms with Crippen LogP contribution in [0.4, 0.5) is 0 Å². The monoisotopic (exact) mass is 473 g/mol. The summed E-state index contributed by atoms with van der Waals surface area (Å²) in [6, 6.07) is 46.6. The van der Waals surface area contributed by atoms with Gasteiger partial charge in [-0.1, -0.05) is 121 Å². The van der Waals surface area contributed by atoms with E-state index in [9.17, 15) is 4.57 Å². The van der Waals surface area contributed by atoms with E-state index in [-0.39, 0.29) is 6.04 Å². The van der Waals surface area contributed by atoms with Crippen LogP contribution in [0, 0.1) is 6.92 Å². The maximum absolute atomic E-state index is 14.8. The summed E-state index contributed by atoms with van der Waals surface area (Å²) in [6.45, 7) is 2.09. The zero-order valence-electron chi connectivity index (χ0n) is 19.7. The van der Waals surface area contributed by atoms with Crippen molar-refractivity contribution in [1.82, 2.24) is 5.09 Å². The Labute approximate surface area is 207 Å².